The van der Waals surface area contributed by atoms with E-state index < -0.39 is 0 Å². The van der Waals surface area contributed by atoms with E-state index >= 15 is 0 Å². The van der Waals surface area contributed by atoms with Gasteiger partial charge >= 0.3 is 0 Å². The second kappa shape index (κ2) is 7.00. The van der Waals surface area contributed by atoms with Crippen LogP contribution in [0.5, 0.6) is 0 Å². The van der Waals surface area contributed by atoms with E-state index in [4.69, 9.17) is 11.6 Å². The predicted octanol–water partition coefficient (Wildman–Crippen LogP) is 2.72. The lowest BCUT2D eigenvalue weighted by Crippen LogP contribution is -2.22. The van der Waals surface area contributed by atoms with Crippen molar-refractivity contribution in [2.24, 2.45) is 0 Å². The highest BCUT2D eigenvalue weighted by Crippen LogP contribution is 2.26. The lowest BCUT2D eigenvalue weighted by atomic mass is 10.1. The first-order valence-electron chi connectivity index (χ1n) is 7.30. The summed E-state index contributed by atoms with van der Waals surface area (Å²) in [4.78, 5) is 8.78. The molecular formula is C15H22ClN5. The Bertz CT molecular complexity index is 591. The normalized spacial score (nSPS) is 12.6. The van der Waals surface area contributed by atoms with Crippen LogP contribution in [0.1, 0.15) is 42.7 Å². The number of aryl methyl sites for hydroxylation is 3. The van der Waals surface area contributed by atoms with E-state index in [1.54, 1.807) is 6.20 Å². The van der Waals surface area contributed by atoms with Crippen LogP contribution in [0.15, 0.2) is 12.4 Å². The highest BCUT2D eigenvalue weighted by Gasteiger charge is 2.20. The summed E-state index contributed by atoms with van der Waals surface area (Å²) in [6, 6.07) is 0.0716. The molecule has 0 fully saturated rings. The molecule has 21 heavy (non-hydrogen) atoms. The second-order valence-corrected chi connectivity index (χ2v) is 5.38. The van der Waals surface area contributed by atoms with Crippen LogP contribution in [-0.2, 0) is 19.4 Å². The van der Waals surface area contributed by atoms with Gasteiger partial charge in [0.2, 0.25) is 0 Å². The van der Waals surface area contributed by atoms with Crippen molar-refractivity contribution in [1.29, 1.82) is 0 Å². The topological polar surface area (TPSA) is 55.6 Å². The summed E-state index contributed by atoms with van der Waals surface area (Å²) in [7, 11) is 1.92. The van der Waals surface area contributed by atoms with Crippen molar-refractivity contribution >= 4 is 11.6 Å². The molecule has 1 unspecified atom stereocenters. The Hall–Kier alpha value is -1.46. The fraction of sp³-hybridized carbons (Fsp3) is 0.533. The van der Waals surface area contributed by atoms with Gasteiger partial charge in [-0.05, 0) is 27.3 Å². The number of hydrogen-bond acceptors (Lipinski definition) is 4. The van der Waals surface area contributed by atoms with E-state index in [1.165, 1.54) is 0 Å². The zero-order chi connectivity index (χ0) is 15.4. The lowest BCUT2D eigenvalue weighted by Gasteiger charge is -2.16. The molecule has 2 aromatic heterocycles. The number of likely N-dealkylation sites (N-methyl/N-ethyl adjacent to an activating group) is 1. The van der Waals surface area contributed by atoms with Gasteiger partial charge in [0.25, 0.3) is 0 Å². The first kappa shape index (κ1) is 15.9. The maximum Gasteiger partial charge on any atom is 0.0850 e. The number of aromatic nitrogens is 4. The van der Waals surface area contributed by atoms with Crippen molar-refractivity contribution in [3.63, 3.8) is 0 Å². The van der Waals surface area contributed by atoms with Crippen molar-refractivity contribution in [2.75, 3.05) is 7.05 Å². The fourth-order valence-corrected chi connectivity index (χ4v) is 2.69. The van der Waals surface area contributed by atoms with E-state index in [2.05, 4.69) is 34.2 Å². The molecule has 114 valence electrons. The third kappa shape index (κ3) is 3.41. The second-order valence-electron chi connectivity index (χ2n) is 5.00. The van der Waals surface area contributed by atoms with E-state index in [-0.39, 0.29) is 6.04 Å². The largest absolute Gasteiger partial charge is 0.311 e. The van der Waals surface area contributed by atoms with Crippen LogP contribution in [0.3, 0.4) is 0 Å². The summed E-state index contributed by atoms with van der Waals surface area (Å²) in [5.41, 5.74) is 3.84. The predicted molar refractivity (Wildman–Crippen MR) is 84.6 cm³/mol. The Morgan fingerprint density at radius 3 is 2.57 bits per heavy atom. The first-order chi connectivity index (χ1) is 10.1. The zero-order valence-corrected chi connectivity index (χ0v) is 13.8. The van der Waals surface area contributed by atoms with Gasteiger partial charge in [-0.15, -0.1) is 0 Å². The number of rotatable bonds is 6. The molecule has 6 heteroatoms. The van der Waals surface area contributed by atoms with Crippen molar-refractivity contribution in [1.82, 2.24) is 25.1 Å². The van der Waals surface area contributed by atoms with Gasteiger partial charge in [-0.1, -0.05) is 18.5 Å². The first-order valence-corrected chi connectivity index (χ1v) is 7.68. The number of hydrogen-bond donors (Lipinski definition) is 1. The van der Waals surface area contributed by atoms with Gasteiger partial charge in [0.15, 0.2) is 0 Å². The summed E-state index contributed by atoms with van der Waals surface area (Å²) in [6.07, 6.45) is 5.19. The monoisotopic (exact) mass is 307 g/mol. The third-order valence-electron chi connectivity index (χ3n) is 3.60. The van der Waals surface area contributed by atoms with Gasteiger partial charge in [0.1, 0.15) is 0 Å². The van der Waals surface area contributed by atoms with Crippen LogP contribution in [0.2, 0.25) is 5.02 Å². The quantitative estimate of drug-likeness (QED) is 0.891. The average Bonchev–Trinajstić information content (AvgIpc) is 2.81. The summed E-state index contributed by atoms with van der Waals surface area (Å²) in [5.74, 6) is 0. The summed E-state index contributed by atoms with van der Waals surface area (Å²) in [5, 5.41) is 8.63. The summed E-state index contributed by atoms with van der Waals surface area (Å²) < 4.78 is 1.98. The van der Waals surface area contributed by atoms with Gasteiger partial charge in [-0.25, -0.2) is 0 Å². The maximum absolute atomic E-state index is 6.47. The maximum atomic E-state index is 6.47. The molecular weight excluding hydrogens is 286 g/mol. The highest BCUT2D eigenvalue weighted by molar-refractivity contribution is 6.31. The summed E-state index contributed by atoms with van der Waals surface area (Å²) >= 11 is 6.47. The number of nitrogens with one attached hydrogen (secondary N) is 1. The van der Waals surface area contributed by atoms with Crippen LogP contribution in [-0.4, -0.2) is 26.8 Å². The van der Waals surface area contributed by atoms with Crippen LogP contribution in [0.25, 0.3) is 0 Å². The Balaban J connectivity index is 2.30. The smallest absolute Gasteiger partial charge is 0.0850 e. The third-order valence-corrected chi connectivity index (χ3v) is 4.03. The Kier molecular flexibility index (Phi) is 5.31. The summed E-state index contributed by atoms with van der Waals surface area (Å²) in [6.45, 7) is 6.89. The minimum absolute atomic E-state index is 0.0716. The minimum atomic E-state index is 0.0716. The van der Waals surface area contributed by atoms with E-state index in [9.17, 15) is 0 Å². The van der Waals surface area contributed by atoms with Gasteiger partial charge in [-0.2, -0.15) is 5.10 Å². The zero-order valence-electron chi connectivity index (χ0n) is 13.0. The molecule has 0 spiro atoms. The van der Waals surface area contributed by atoms with Gasteiger partial charge in [0.05, 0.1) is 40.0 Å². The Morgan fingerprint density at radius 1 is 1.29 bits per heavy atom. The molecule has 0 bridgehead atoms. The van der Waals surface area contributed by atoms with E-state index in [0.717, 1.165) is 47.2 Å². The Morgan fingerprint density at radius 2 is 2.05 bits per heavy atom. The molecule has 2 heterocycles. The van der Waals surface area contributed by atoms with E-state index in [1.807, 2.05) is 24.9 Å². The Labute approximate surface area is 130 Å². The van der Waals surface area contributed by atoms with Crippen LogP contribution in [0, 0.1) is 6.92 Å². The van der Waals surface area contributed by atoms with Crippen molar-refractivity contribution in [3.05, 3.63) is 40.2 Å². The lowest BCUT2D eigenvalue weighted by molar-refractivity contribution is 0.529. The molecule has 0 aromatic carbocycles. The van der Waals surface area contributed by atoms with Gasteiger partial charge in [0, 0.05) is 19.2 Å². The van der Waals surface area contributed by atoms with E-state index in [0.29, 0.717) is 0 Å². The van der Waals surface area contributed by atoms with Crippen LogP contribution in [0.4, 0.5) is 0 Å². The molecule has 1 N–H and O–H groups in total. The molecule has 0 saturated heterocycles. The molecule has 2 aromatic rings. The molecule has 0 saturated carbocycles. The molecule has 0 amide bonds. The molecule has 0 aliphatic heterocycles. The SMILES string of the molecule is CCc1nn(CC)c(CC(NC)c2cnc(C)cn2)c1Cl. The highest BCUT2D eigenvalue weighted by atomic mass is 35.5. The minimum Gasteiger partial charge on any atom is -0.311 e. The molecule has 0 radical (unpaired) electrons. The van der Waals surface area contributed by atoms with Gasteiger partial charge in [-0.3, -0.25) is 14.6 Å². The molecule has 0 aliphatic carbocycles. The fourth-order valence-electron chi connectivity index (χ4n) is 2.34. The van der Waals surface area contributed by atoms with Crippen LogP contribution >= 0.6 is 11.6 Å². The molecule has 5 nitrogen and oxygen atoms in total. The number of nitrogens with zero attached hydrogens (tertiary/aromatic N) is 4. The molecule has 0 aliphatic rings. The van der Waals surface area contributed by atoms with Crippen molar-refractivity contribution < 1.29 is 0 Å². The number of halogens is 1. The molecule has 2 rings (SSSR count). The average molecular weight is 308 g/mol. The standard InChI is InChI=1S/C15H22ClN5/c1-5-11-15(16)14(21(6-2)20-11)7-12(17-4)13-9-18-10(3)8-19-13/h8-9,12,17H,5-7H2,1-4H3. The molecule has 1 atom stereocenters. The van der Waals surface area contributed by atoms with Crippen molar-refractivity contribution in [3.8, 4) is 0 Å². The van der Waals surface area contributed by atoms with Gasteiger partial charge < -0.3 is 5.32 Å². The van der Waals surface area contributed by atoms with Crippen molar-refractivity contribution in [2.45, 2.75) is 46.2 Å². The van der Waals surface area contributed by atoms with Crippen LogP contribution < -0.4 is 5.32 Å².